The van der Waals surface area contributed by atoms with Gasteiger partial charge in [-0.2, -0.15) is 5.26 Å². The molecule has 33 valence electrons. The van der Waals surface area contributed by atoms with E-state index >= 15 is 0 Å². The summed E-state index contributed by atoms with van der Waals surface area (Å²) in [6.07, 6.45) is 0.719. The van der Waals surface area contributed by atoms with Gasteiger partial charge in [-0.15, -0.1) is 0 Å². The van der Waals surface area contributed by atoms with Crippen molar-refractivity contribution in [3.8, 4) is 6.07 Å². The molecule has 0 rings (SSSR count). The zero-order chi connectivity index (χ0) is 4.99. The molecule has 0 bridgehead atoms. The third-order valence-electron chi connectivity index (χ3n) is 0.653. The Morgan fingerprint density at radius 2 is 2.50 bits per heavy atom. The summed E-state index contributed by atoms with van der Waals surface area (Å²) in [7, 11) is 0. The van der Waals surface area contributed by atoms with E-state index in [-0.39, 0.29) is 5.92 Å². The molecule has 0 N–H and O–H groups in total. The lowest BCUT2D eigenvalue weighted by molar-refractivity contribution is 0.758. The predicted octanol–water partition coefficient (Wildman–Crippen LogP) is 1.37. The Hall–Kier alpha value is -0.510. The van der Waals surface area contributed by atoms with Gasteiger partial charge in [-0.3, -0.25) is 0 Å². The number of hydrogen-bond acceptors (Lipinski definition) is 1. The molecule has 0 aliphatic carbocycles. The van der Waals surface area contributed by atoms with E-state index < -0.39 is 0 Å². The van der Waals surface area contributed by atoms with E-state index in [1.54, 1.807) is 0 Å². The van der Waals surface area contributed by atoms with Crippen LogP contribution in [-0.2, 0) is 0 Å². The third kappa shape index (κ3) is 1.78. The van der Waals surface area contributed by atoms with Crippen molar-refractivity contribution in [3.05, 3.63) is 6.92 Å². The van der Waals surface area contributed by atoms with Crippen molar-refractivity contribution in [1.82, 2.24) is 0 Å². The van der Waals surface area contributed by atoms with Crippen LogP contribution in [0.1, 0.15) is 13.3 Å². The molecule has 1 radical (unpaired) electrons. The zero-order valence-electron chi connectivity index (χ0n) is 3.94. The molecular formula is C5H8N. The Bertz CT molecular complexity index is 60.8. The average Bonchev–Trinajstić information content (AvgIpc) is 1.65. The van der Waals surface area contributed by atoms with Gasteiger partial charge in [0.25, 0.3) is 0 Å². The van der Waals surface area contributed by atoms with E-state index in [9.17, 15) is 0 Å². The van der Waals surface area contributed by atoms with Crippen LogP contribution in [0.15, 0.2) is 0 Å². The van der Waals surface area contributed by atoms with E-state index in [0.29, 0.717) is 0 Å². The van der Waals surface area contributed by atoms with Crippen LogP contribution in [0.4, 0.5) is 0 Å². The van der Waals surface area contributed by atoms with E-state index in [4.69, 9.17) is 5.26 Å². The molecule has 0 fully saturated rings. The summed E-state index contributed by atoms with van der Waals surface area (Å²) < 4.78 is 0. The lowest BCUT2D eigenvalue weighted by Crippen LogP contribution is -1.82. The van der Waals surface area contributed by atoms with Gasteiger partial charge in [-0.1, -0.05) is 6.92 Å². The quantitative estimate of drug-likeness (QED) is 0.468. The minimum Gasteiger partial charge on any atom is -0.198 e. The maximum atomic E-state index is 8.04. The Kier molecular flexibility index (Phi) is 2.48. The van der Waals surface area contributed by atoms with Gasteiger partial charge < -0.3 is 0 Å². The van der Waals surface area contributed by atoms with Gasteiger partial charge in [0.15, 0.2) is 0 Å². The lowest BCUT2D eigenvalue weighted by atomic mass is 10.2. The van der Waals surface area contributed by atoms with Gasteiger partial charge in [-0.05, 0) is 13.3 Å². The summed E-state index contributed by atoms with van der Waals surface area (Å²) in [6, 6.07) is 2.05. The highest BCUT2D eigenvalue weighted by atomic mass is 14.2. The topological polar surface area (TPSA) is 23.8 Å². The Labute approximate surface area is 38.6 Å². The summed E-state index contributed by atoms with van der Waals surface area (Å²) in [5.74, 6) is 0.130. The molecule has 1 heteroatoms. The average molecular weight is 82.1 g/mol. The van der Waals surface area contributed by atoms with Crippen molar-refractivity contribution in [3.63, 3.8) is 0 Å². The molecule has 0 aromatic carbocycles. The number of nitrogens with zero attached hydrogens (tertiary/aromatic N) is 1. The molecule has 0 spiro atoms. The van der Waals surface area contributed by atoms with Crippen LogP contribution in [0.25, 0.3) is 0 Å². The van der Waals surface area contributed by atoms with Crippen LogP contribution >= 0.6 is 0 Å². The molecule has 0 heterocycles. The highest BCUT2D eigenvalue weighted by Crippen LogP contribution is 1.93. The summed E-state index contributed by atoms with van der Waals surface area (Å²) in [4.78, 5) is 0. The van der Waals surface area contributed by atoms with Crippen LogP contribution in [0.5, 0.6) is 0 Å². The predicted molar refractivity (Wildman–Crippen MR) is 24.8 cm³/mol. The normalized spacial score (nSPS) is 12.8. The van der Waals surface area contributed by atoms with Gasteiger partial charge in [0.2, 0.25) is 0 Å². The largest absolute Gasteiger partial charge is 0.198 e. The maximum absolute atomic E-state index is 8.04. The van der Waals surface area contributed by atoms with Gasteiger partial charge >= 0.3 is 0 Å². The second-order valence-electron chi connectivity index (χ2n) is 1.32. The molecule has 0 aromatic heterocycles. The van der Waals surface area contributed by atoms with Gasteiger partial charge in [0.1, 0.15) is 0 Å². The van der Waals surface area contributed by atoms with Gasteiger partial charge in [0, 0.05) is 5.92 Å². The first-order valence-corrected chi connectivity index (χ1v) is 2.00. The highest BCUT2D eigenvalue weighted by molar-refractivity contribution is 4.78. The second-order valence-corrected chi connectivity index (χ2v) is 1.32. The molecule has 0 unspecified atom stereocenters. The first-order valence-electron chi connectivity index (χ1n) is 2.00. The second kappa shape index (κ2) is 2.71. The van der Waals surface area contributed by atoms with Crippen molar-refractivity contribution in [2.45, 2.75) is 13.3 Å². The smallest absolute Gasteiger partial charge is 0.0652 e. The molecule has 0 saturated heterocycles. The Balaban J connectivity index is 3.04. The summed E-state index contributed by atoms with van der Waals surface area (Å²) in [6.45, 7) is 5.39. The molecule has 0 aliphatic heterocycles. The zero-order valence-corrected chi connectivity index (χ0v) is 3.94. The minimum absolute atomic E-state index is 0.130. The summed E-state index contributed by atoms with van der Waals surface area (Å²) in [5.41, 5.74) is 0. The first kappa shape index (κ1) is 5.49. The number of hydrogen-bond donors (Lipinski definition) is 0. The van der Waals surface area contributed by atoms with E-state index in [1.807, 2.05) is 6.92 Å². The molecule has 0 saturated carbocycles. The molecule has 0 aliphatic rings. The summed E-state index contributed by atoms with van der Waals surface area (Å²) >= 11 is 0. The van der Waals surface area contributed by atoms with Crippen LogP contribution in [0, 0.1) is 24.2 Å². The minimum atomic E-state index is 0.130. The molecule has 0 amide bonds. The molecule has 6 heavy (non-hydrogen) atoms. The molecular weight excluding hydrogens is 74.1 g/mol. The van der Waals surface area contributed by atoms with Crippen molar-refractivity contribution in [2.24, 2.45) is 5.92 Å². The number of nitriles is 1. The molecule has 0 aromatic rings. The Morgan fingerprint density at radius 3 is 2.50 bits per heavy atom. The lowest BCUT2D eigenvalue weighted by Gasteiger charge is -1.87. The number of rotatable bonds is 1. The fourth-order valence-corrected chi connectivity index (χ4v) is 0.0645. The standard InChI is InChI=1S/C5H8N/c1-3-5(2)4-6/h5H,1,3H2,2H3/t5-/m0/s1. The first-order chi connectivity index (χ1) is 2.81. The Morgan fingerprint density at radius 1 is 2.00 bits per heavy atom. The SMILES string of the molecule is [CH2]C[C@H](C)C#N. The monoisotopic (exact) mass is 82.1 g/mol. The fraction of sp³-hybridized carbons (Fsp3) is 0.600. The third-order valence-corrected chi connectivity index (χ3v) is 0.653. The fourth-order valence-electron chi connectivity index (χ4n) is 0.0645. The van der Waals surface area contributed by atoms with Gasteiger partial charge in [-0.25, -0.2) is 0 Å². The van der Waals surface area contributed by atoms with Crippen molar-refractivity contribution in [2.75, 3.05) is 0 Å². The summed E-state index contributed by atoms with van der Waals surface area (Å²) in [5, 5.41) is 8.04. The van der Waals surface area contributed by atoms with E-state index in [1.165, 1.54) is 0 Å². The van der Waals surface area contributed by atoms with E-state index in [0.717, 1.165) is 6.42 Å². The highest BCUT2D eigenvalue weighted by Gasteiger charge is 1.88. The van der Waals surface area contributed by atoms with Crippen molar-refractivity contribution < 1.29 is 0 Å². The van der Waals surface area contributed by atoms with Crippen LogP contribution < -0.4 is 0 Å². The molecule has 1 nitrogen and oxygen atoms in total. The van der Waals surface area contributed by atoms with Crippen LogP contribution in [-0.4, -0.2) is 0 Å². The van der Waals surface area contributed by atoms with E-state index in [2.05, 4.69) is 13.0 Å². The van der Waals surface area contributed by atoms with Crippen molar-refractivity contribution in [1.29, 1.82) is 5.26 Å². The van der Waals surface area contributed by atoms with Crippen LogP contribution in [0.2, 0.25) is 0 Å². The van der Waals surface area contributed by atoms with Crippen molar-refractivity contribution >= 4 is 0 Å². The van der Waals surface area contributed by atoms with Gasteiger partial charge in [0.05, 0.1) is 6.07 Å². The van der Waals surface area contributed by atoms with Crippen LogP contribution in [0.3, 0.4) is 0 Å². The maximum Gasteiger partial charge on any atom is 0.0652 e. The molecule has 1 atom stereocenters.